The molecule has 1 saturated heterocycles. The number of nitrogens with one attached hydrogen (secondary N) is 1. The van der Waals surface area contributed by atoms with Crippen molar-refractivity contribution in [2.75, 3.05) is 19.7 Å². The lowest BCUT2D eigenvalue weighted by Crippen LogP contribution is -2.52. The molecule has 104 valence electrons. The van der Waals surface area contributed by atoms with Crippen molar-refractivity contribution in [3.05, 3.63) is 30.3 Å². The molecule has 1 aromatic rings. The number of benzene rings is 1. The number of hydrogen-bond donors (Lipinski definition) is 1. The van der Waals surface area contributed by atoms with Gasteiger partial charge in [-0.3, -0.25) is 0 Å². The molecule has 0 aromatic heterocycles. The predicted molar refractivity (Wildman–Crippen MR) is 70.2 cm³/mol. The Morgan fingerprint density at radius 1 is 1.42 bits per heavy atom. The van der Waals surface area contributed by atoms with Gasteiger partial charge in [-0.1, -0.05) is 18.2 Å². The highest BCUT2D eigenvalue weighted by molar-refractivity contribution is 5.63. The first-order valence-electron chi connectivity index (χ1n) is 6.33. The Kier molecular flexibility index (Phi) is 4.39. The van der Waals surface area contributed by atoms with E-state index in [-0.39, 0.29) is 18.3 Å². The second-order valence-corrected chi connectivity index (χ2v) is 5.11. The zero-order chi connectivity index (χ0) is 13.7. The Bertz CT molecular complexity index is 419. The van der Waals surface area contributed by atoms with Gasteiger partial charge < -0.3 is 19.5 Å². The molecule has 5 heteroatoms. The van der Waals surface area contributed by atoms with Gasteiger partial charge in [0.25, 0.3) is 0 Å². The number of carbonyl (C=O) groups is 1. The Labute approximate surface area is 112 Å². The third kappa shape index (κ3) is 4.54. The van der Waals surface area contributed by atoms with Crippen molar-refractivity contribution in [2.45, 2.75) is 25.6 Å². The fourth-order valence-electron chi connectivity index (χ4n) is 1.94. The summed E-state index contributed by atoms with van der Waals surface area (Å²) < 4.78 is 15.9. The maximum absolute atomic E-state index is 11.5. The number of carbonyl (C=O) groups excluding carboxylic acids is 1. The van der Waals surface area contributed by atoms with E-state index < -0.39 is 6.16 Å². The Morgan fingerprint density at radius 2 is 2.16 bits per heavy atom. The summed E-state index contributed by atoms with van der Waals surface area (Å²) in [6.07, 6.45) is -0.856. The maximum atomic E-state index is 11.5. The molecule has 1 heterocycles. The van der Waals surface area contributed by atoms with E-state index in [9.17, 15) is 4.79 Å². The van der Waals surface area contributed by atoms with Gasteiger partial charge in [0, 0.05) is 13.1 Å². The van der Waals surface area contributed by atoms with Crippen LogP contribution in [0.3, 0.4) is 0 Å². The summed E-state index contributed by atoms with van der Waals surface area (Å²) in [6.45, 7) is 5.63. The molecule has 5 nitrogen and oxygen atoms in total. The van der Waals surface area contributed by atoms with Crippen LogP contribution in [0.1, 0.15) is 13.8 Å². The molecule has 0 bridgehead atoms. The molecule has 1 atom stereocenters. The van der Waals surface area contributed by atoms with E-state index in [1.165, 1.54) is 0 Å². The second kappa shape index (κ2) is 6.04. The van der Waals surface area contributed by atoms with Crippen LogP contribution < -0.4 is 10.1 Å². The quantitative estimate of drug-likeness (QED) is 0.669. The summed E-state index contributed by atoms with van der Waals surface area (Å²) >= 11 is 0. The third-order valence-electron chi connectivity index (χ3n) is 2.74. The molecule has 19 heavy (non-hydrogen) atoms. The van der Waals surface area contributed by atoms with Gasteiger partial charge in [0.05, 0.1) is 5.60 Å². The van der Waals surface area contributed by atoms with Gasteiger partial charge in [0.2, 0.25) is 0 Å². The van der Waals surface area contributed by atoms with Gasteiger partial charge in [-0.15, -0.1) is 0 Å². The van der Waals surface area contributed by atoms with Crippen LogP contribution in [0.4, 0.5) is 4.79 Å². The van der Waals surface area contributed by atoms with Crippen molar-refractivity contribution in [2.24, 2.45) is 0 Å². The van der Waals surface area contributed by atoms with Crippen LogP contribution in [0.15, 0.2) is 30.3 Å². The number of hydrogen-bond acceptors (Lipinski definition) is 5. The monoisotopic (exact) mass is 265 g/mol. The predicted octanol–water partition coefficient (Wildman–Crippen LogP) is 1.97. The van der Waals surface area contributed by atoms with Gasteiger partial charge in [-0.05, 0) is 26.0 Å². The summed E-state index contributed by atoms with van der Waals surface area (Å²) in [7, 11) is 0. The van der Waals surface area contributed by atoms with Crippen LogP contribution in [0, 0.1) is 0 Å². The zero-order valence-corrected chi connectivity index (χ0v) is 11.2. The average Bonchev–Trinajstić information content (AvgIpc) is 2.36. The zero-order valence-electron chi connectivity index (χ0n) is 11.2. The van der Waals surface area contributed by atoms with Crippen molar-refractivity contribution < 1.29 is 19.0 Å². The minimum Gasteiger partial charge on any atom is -0.431 e. The van der Waals surface area contributed by atoms with Crippen molar-refractivity contribution in [3.8, 4) is 5.75 Å². The van der Waals surface area contributed by atoms with Gasteiger partial charge in [0.1, 0.15) is 18.5 Å². The average molecular weight is 265 g/mol. The van der Waals surface area contributed by atoms with Crippen molar-refractivity contribution in [1.82, 2.24) is 5.32 Å². The van der Waals surface area contributed by atoms with E-state index >= 15 is 0 Å². The van der Waals surface area contributed by atoms with Crippen molar-refractivity contribution in [1.29, 1.82) is 0 Å². The van der Waals surface area contributed by atoms with Crippen LogP contribution in [0.25, 0.3) is 0 Å². The Balaban J connectivity index is 1.75. The minimum atomic E-state index is -0.710. The summed E-state index contributed by atoms with van der Waals surface area (Å²) in [6, 6.07) is 8.83. The lowest BCUT2D eigenvalue weighted by molar-refractivity contribution is -0.113. The molecule has 1 aliphatic rings. The fraction of sp³-hybridized carbons (Fsp3) is 0.500. The first-order valence-corrected chi connectivity index (χ1v) is 6.33. The molecule has 1 N–H and O–H groups in total. The number of morpholine rings is 1. The number of rotatable bonds is 3. The van der Waals surface area contributed by atoms with E-state index in [1.807, 2.05) is 19.9 Å². The van der Waals surface area contributed by atoms with Crippen LogP contribution in [-0.2, 0) is 9.47 Å². The molecular weight excluding hydrogens is 246 g/mol. The lowest BCUT2D eigenvalue weighted by atomic mass is 10.1. The smallest absolute Gasteiger partial charge is 0.431 e. The molecule has 1 fully saturated rings. The van der Waals surface area contributed by atoms with Gasteiger partial charge >= 0.3 is 6.16 Å². The molecule has 0 aliphatic carbocycles. The number of para-hydroxylation sites is 1. The summed E-state index contributed by atoms with van der Waals surface area (Å²) in [4.78, 5) is 11.5. The largest absolute Gasteiger partial charge is 0.513 e. The van der Waals surface area contributed by atoms with Crippen LogP contribution >= 0.6 is 0 Å². The molecule has 1 aliphatic heterocycles. The topological polar surface area (TPSA) is 56.8 Å². The molecule has 1 unspecified atom stereocenters. The highest BCUT2D eigenvalue weighted by Crippen LogP contribution is 2.16. The minimum absolute atomic E-state index is 0.146. The van der Waals surface area contributed by atoms with Crippen LogP contribution in [-0.4, -0.2) is 37.6 Å². The van der Waals surface area contributed by atoms with E-state index in [0.717, 1.165) is 6.54 Å². The van der Waals surface area contributed by atoms with E-state index in [2.05, 4.69) is 5.32 Å². The molecule has 0 radical (unpaired) electrons. The van der Waals surface area contributed by atoms with Crippen molar-refractivity contribution >= 4 is 6.16 Å². The summed E-state index contributed by atoms with van der Waals surface area (Å²) in [5, 5.41) is 3.24. The van der Waals surface area contributed by atoms with E-state index in [0.29, 0.717) is 12.3 Å². The first kappa shape index (κ1) is 13.8. The van der Waals surface area contributed by atoms with Gasteiger partial charge in [0.15, 0.2) is 0 Å². The third-order valence-corrected chi connectivity index (χ3v) is 2.74. The molecule has 1 aromatic carbocycles. The lowest BCUT2D eigenvalue weighted by Gasteiger charge is -2.36. The molecular formula is C14H19NO4. The van der Waals surface area contributed by atoms with Gasteiger partial charge in [-0.25, -0.2) is 4.79 Å². The van der Waals surface area contributed by atoms with E-state index in [4.69, 9.17) is 14.2 Å². The maximum Gasteiger partial charge on any atom is 0.513 e. The van der Waals surface area contributed by atoms with E-state index in [1.54, 1.807) is 24.3 Å². The normalized spacial score (nSPS) is 21.7. The highest BCUT2D eigenvalue weighted by Gasteiger charge is 2.29. The molecule has 0 spiro atoms. The van der Waals surface area contributed by atoms with Crippen LogP contribution in [0.2, 0.25) is 0 Å². The molecule has 0 saturated carbocycles. The summed E-state index contributed by atoms with van der Waals surface area (Å²) in [5.41, 5.74) is -0.240. The SMILES string of the molecule is CC1(C)CNCC(COC(=O)Oc2ccccc2)O1. The number of ether oxygens (including phenoxy) is 3. The highest BCUT2D eigenvalue weighted by atomic mass is 16.7. The standard InChI is InChI=1S/C14H19NO4/c1-14(2)10-15-8-12(19-14)9-17-13(16)18-11-6-4-3-5-7-11/h3-7,12,15H,8-10H2,1-2H3. The Morgan fingerprint density at radius 3 is 2.84 bits per heavy atom. The fourth-order valence-corrected chi connectivity index (χ4v) is 1.94. The molecule has 0 amide bonds. The second-order valence-electron chi connectivity index (χ2n) is 5.11. The van der Waals surface area contributed by atoms with Crippen molar-refractivity contribution in [3.63, 3.8) is 0 Å². The van der Waals surface area contributed by atoms with Gasteiger partial charge in [-0.2, -0.15) is 0 Å². The first-order chi connectivity index (χ1) is 9.05. The Hall–Kier alpha value is -1.59. The van der Waals surface area contributed by atoms with Crippen LogP contribution in [0.5, 0.6) is 5.75 Å². The molecule has 2 rings (SSSR count). The summed E-state index contributed by atoms with van der Waals surface area (Å²) in [5.74, 6) is 0.468.